The monoisotopic (exact) mass is 286 g/mol. The fraction of sp³-hybridized carbons (Fsp3) is 1.00. The molecule has 20 heavy (non-hydrogen) atoms. The van der Waals surface area contributed by atoms with Gasteiger partial charge in [0.2, 0.25) is 0 Å². The first-order chi connectivity index (χ1) is 9.58. The van der Waals surface area contributed by atoms with Crippen molar-refractivity contribution in [2.45, 2.75) is 72.7 Å². The van der Waals surface area contributed by atoms with E-state index < -0.39 is 0 Å². The van der Waals surface area contributed by atoms with Crippen molar-refractivity contribution in [3.63, 3.8) is 0 Å². The van der Waals surface area contributed by atoms with E-state index in [9.17, 15) is 0 Å². The molecule has 3 atom stereocenters. The maximum atomic E-state index is 6.19. The van der Waals surface area contributed by atoms with Gasteiger partial charge in [-0.1, -0.05) is 27.2 Å². The molecule has 0 N–H and O–H groups in total. The zero-order valence-corrected chi connectivity index (χ0v) is 14.1. The van der Waals surface area contributed by atoms with Crippen LogP contribution in [0.25, 0.3) is 0 Å². The van der Waals surface area contributed by atoms with Crippen LogP contribution in [0.1, 0.15) is 60.3 Å². The second-order valence-corrected chi connectivity index (χ2v) is 6.36. The second kappa shape index (κ2) is 9.75. The molecular formula is C17H34O3. The number of hydrogen-bond acceptors (Lipinski definition) is 3. The Morgan fingerprint density at radius 3 is 2.25 bits per heavy atom. The van der Waals surface area contributed by atoms with E-state index in [1.54, 1.807) is 0 Å². The van der Waals surface area contributed by atoms with E-state index in [1.165, 1.54) is 19.3 Å². The first kappa shape index (κ1) is 17.9. The van der Waals surface area contributed by atoms with Gasteiger partial charge >= 0.3 is 0 Å². The van der Waals surface area contributed by atoms with E-state index in [1.807, 2.05) is 13.8 Å². The largest absolute Gasteiger partial charge is 0.378 e. The molecule has 3 nitrogen and oxygen atoms in total. The molecule has 120 valence electrons. The molecule has 0 saturated heterocycles. The maximum absolute atomic E-state index is 6.19. The third kappa shape index (κ3) is 6.11. The summed E-state index contributed by atoms with van der Waals surface area (Å²) in [6.07, 6.45) is 5.01. The molecule has 3 heteroatoms. The lowest BCUT2D eigenvalue weighted by molar-refractivity contribution is -0.153. The van der Waals surface area contributed by atoms with Gasteiger partial charge in [0, 0.05) is 19.6 Å². The van der Waals surface area contributed by atoms with Crippen LogP contribution in [-0.4, -0.2) is 32.2 Å². The standard InChI is InChI=1S/C17H34O3/c1-6-18-17(19-7-2)10-11-20-16-12-14(5)8-9-15(16)13(3)4/h13-17H,6-12H2,1-5H3. The summed E-state index contributed by atoms with van der Waals surface area (Å²) in [5.41, 5.74) is 0. The third-order valence-electron chi connectivity index (χ3n) is 4.35. The summed E-state index contributed by atoms with van der Waals surface area (Å²) in [5, 5.41) is 0. The van der Waals surface area contributed by atoms with Crippen molar-refractivity contribution in [3.8, 4) is 0 Å². The summed E-state index contributed by atoms with van der Waals surface area (Å²) in [5.74, 6) is 2.22. The van der Waals surface area contributed by atoms with Crippen molar-refractivity contribution in [1.82, 2.24) is 0 Å². The topological polar surface area (TPSA) is 27.7 Å². The SMILES string of the molecule is CCOC(CCOC1CC(C)CCC1C(C)C)OCC. The lowest BCUT2D eigenvalue weighted by atomic mass is 9.75. The molecule has 0 aromatic rings. The molecule has 0 aliphatic heterocycles. The molecule has 0 aromatic heterocycles. The van der Waals surface area contributed by atoms with Gasteiger partial charge in [-0.05, 0) is 44.4 Å². The molecule has 0 spiro atoms. The van der Waals surface area contributed by atoms with Crippen LogP contribution < -0.4 is 0 Å². The Morgan fingerprint density at radius 1 is 1.05 bits per heavy atom. The van der Waals surface area contributed by atoms with Crippen LogP contribution in [0.4, 0.5) is 0 Å². The number of ether oxygens (including phenoxy) is 3. The van der Waals surface area contributed by atoms with Crippen molar-refractivity contribution in [2.75, 3.05) is 19.8 Å². The maximum Gasteiger partial charge on any atom is 0.159 e. The highest BCUT2D eigenvalue weighted by atomic mass is 16.7. The highest BCUT2D eigenvalue weighted by Crippen LogP contribution is 2.35. The third-order valence-corrected chi connectivity index (χ3v) is 4.35. The zero-order valence-electron chi connectivity index (χ0n) is 14.1. The van der Waals surface area contributed by atoms with E-state index in [-0.39, 0.29) is 6.29 Å². The van der Waals surface area contributed by atoms with Crippen LogP contribution in [0.5, 0.6) is 0 Å². The van der Waals surface area contributed by atoms with Crippen LogP contribution in [-0.2, 0) is 14.2 Å². The fourth-order valence-corrected chi connectivity index (χ4v) is 3.21. The summed E-state index contributed by atoms with van der Waals surface area (Å²) in [6.45, 7) is 13.1. The lowest BCUT2D eigenvalue weighted by Gasteiger charge is -2.37. The quantitative estimate of drug-likeness (QED) is 0.593. The van der Waals surface area contributed by atoms with Gasteiger partial charge in [-0.3, -0.25) is 0 Å². The van der Waals surface area contributed by atoms with Crippen LogP contribution in [0.3, 0.4) is 0 Å². The van der Waals surface area contributed by atoms with Gasteiger partial charge in [-0.25, -0.2) is 0 Å². The Labute approximate surface area is 125 Å². The van der Waals surface area contributed by atoms with E-state index in [0.29, 0.717) is 31.2 Å². The zero-order chi connectivity index (χ0) is 15.0. The molecule has 1 fully saturated rings. The van der Waals surface area contributed by atoms with Gasteiger partial charge in [0.05, 0.1) is 12.7 Å². The van der Waals surface area contributed by atoms with Crippen LogP contribution >= 0.6 is 0 Å². The molecule has 1 aliphatic rings. The van der Waals surface area contributed by atoms with Crippen molar-refractivity contribution in [2.24, 2.45) is 17.8 Å². The Balaban J connectivity index is 2.36. The molecule has 0 bridgehead atoms. The van der Waals surface area contributed by atoms with Crippen LogP contribution in [0.2, 0.25) is 0 Å². The summed E-state index contributed by atoms with van der Waals surface area (Å²) in [4.78, 5) is 0. The number of hydrogen-bond donors (Lipinski definition) is 0. The lowest BCUT2D eigenvalue weighted by Crippen LogP contribution is -2.35. The van der Waals surface area contributed by atoms with Gasteiger partial charge in [0.1, 0.15) is 0 Å². The van der Waals surface area contributed by atoms with Crippen molar-refractivity contribution in [3.05, 3.63) is 0 Å². The van der Waals surface area contributed by atoms with E-state index in [2.05, 4.69) is 20.8 Å². The van der Waals surface area contributed by atoms with Crippen molar-refractivity contribution < 1.29 is 14.2 Å². The summed E-state index contributed by atoms with van der Waals surface area (Å²) in [6, 6.07) is 0. The molecule has 1 rings (SSSR count). The van der Waals surface area contributed by atoms with Crippen LogP contribution in [0.15, 0.2) is 0 Å². The molecule has 0 aromatic carbocycles. The van der Waals surface area contributed by atoms with Gasteiger partial charge in [-0.15, -0.1) is 0 Å². The van der Waals surface area contributed by atoms with Gasteiger partial charge in [0.25, 0.3) is 0 Å². The first-order valence-corrected chi connectivity index (χ1v) is 8.43. The molecule has 0 amide bonds. The van der Waals surface area contributed by atoms with E-state index in [4.69, 9.17) is 14.2 Å². The Morgan fingerprint density at radius 2 is 1.70 bits per heavy atom. The first-order valence-electron chi connectivity index (χ1n) is 8.43. The average molecular weight is 286 g/mol. The molecule has 1 aliphatic carbocycles. The minimum absolute atomic E-state index is 0.108. The van der Waals surface area contributed by atoms with E-state index in [0.717, 1.165) is 18.9 Å². The summed E-state index contributed by atoms with van der Waals surface area (Å²) >= 11 is 0. The highest BCUT2D eigenvalue weighted by molar-refractivity contribution is 4.81. The summed E-state index contributed by atoms with van der Waals surface area (Å²) in [7, 11) is 0. The minimum Gasteiger partial charge on any atom is -0.378 e. The predicted octanol–water partition coefficient (Wildman–Crippen LogP) is 4.25. The highest BCUT2D eigenvalue weighted by Gasteiger charge is 2.31. The molecule has 0 radical (unpaired) electrons. The molecule has 0 heterocycles. The fourth-order valence-electron chi connectivity index (χ4n) is 3.21. The smallest absolute Gasteiger partial charge is 0.159 e. The molecular weight excluding hydrogens is 252 g/mol. The second-order valence-electron chi connectivity index (χ2n) is 6.36. The average Bonchev–Trinajstić information content (AvgIpc) is 2.39. The molecule has 3 unspecified atom stereocenters. The minimum atomic E-state index is -0.108. The van der Waals surface area contributed by atoms with Crippen molar-refractivity contribution >= 4 is 0 Å². The summed E-state index contributed by atoms with van der Waals surface area (Å²) < 4.78 is 17.3. The predicted molar refractivity (Wildman–Crippen MR) is 82.7 cm³/mol. The van der Waals surface area contributed by atoms with Gasteiger partial charge in [-0.2, -0.15) is 0 Å². The molecule has 1 saturated carbocycles. The normalized spacial score (nSPS) is 27.4. The number of rotatable bonds is 9. The Bertz CT molecular complexity index is 236. The Hall–Kier alpha value is -0.120. The van der Waals surface area contributed by atoms with Crippen molar-refractivity contribution in [1.29, 1.82) is 0 Å². The Kier molecular flexibility index (Phi) is 8.74. The van der Waals surface area contributed by atoms with Crippen LogP contribution in [0, 0.1) is 17.8 Å². The van der Waals surface area contributed by atoms with Gasteiger partial charge < -0.3 is 14.2 Å². The van der Waals surface area contributed by atoms with E-state index >= 15 is 0 Å². The van der Waals surface area contributed by atoms with Gasteiger partial charge in [0.15, 0.2) is 6.29 Å².